The van der Waals surface area contributed by atoms with Crippen molar-refractivity contribution >= 4 is 22.5 Å². The van der Waals surface area contributed by atoms with Gasteiger partial charge in [-0.25, -0.2) is 0 Å². The van der Waals surface area contributed by atoms with Gasteiger partial charge in [-0.05, 0) is 66.2 Å². The van der Waals surface area contributed by atoms with E-state index in [1.165, 1.54) is 59.1 Å². The fourth-order valence-electron chi connectivity index (χ4n) is 4.11. The van der Waals surface area contributed by atoms with E-state index in [0.717, 1.165) is 6.54 Å². The van der Waals surface area contributed by atoms with Crippen LogP contribution in [-0.4, -0.2) is 37.4 Å². The van der Waals surface area contributed by atoms with Gasteiger partial charge in [0.05, 0.1) is 12.6 Å². The average Bonchev–Trinajstić information content (AvgIpc) is 2.80. The molecule has 0 bridgehead atoms. The number of thioether (sulfide) groups is 1. The summed E-state index contributed by atoms with van der Waals surface area (Å²) in [6.07, 6.45) is 6.10. The Balaban J connectivity index is 1.53. The largest absolute Gasteiger partial charge is 0.301 e. The number of hydroxylamine groups is 1. The Kier molecular flexibility index (Phi) is 7.23. The molecule has 4 heteroatoms. The fraction of sp³-hybridized carbons (Fsp3) is 0.360. The molecule has 1 aliphatic heterocycles. The highest BCUT2D eigenvalue weighted by Gasteiger charge is 2.17. The van der Waals surface area contributed by atoms with Crippen molar-refractivity contribution in [3.05, 3.63) is 77.9 Å². The zero-order valence-electron chi connectivity index (χ0n) is 17.1. The first-order valence-corrected chi connectivity index (χ1v) is 11.8. The first kappa shape index (κ1) is 20.4. The van der Waals surface area contributed by atoms with Gasteiger partial charge in [0.25, 0.3) is 0 Å². The lowest BCUT2D eigenvalue weighted by Gasteiger charge is -2.27. The van der Waals surface area contributed by atoms with E-state index < -0.39 is 0 Å². The van der Waals surface area contributed by atoms with E-state index in [1.807, 2.05) is 0 Å². The molecule has 4 rings (SSSR count). The van der Waals surface area contributed by atoms with E-state index in [1.54, 1.807) is 11.8 Å². The number of nitrogens with one attached hydrogen (secondary N) is 1. The lowest BCUT2D eigenvalue weighted by atomic mass is 9.94. The average molecular weight is 407 g/mol. The maximum absolute atomic E-state index is 6.02. The third-order valence-electron chi connectivity index (χ3n) is 5.74. The molecule has 1 heterocycles. The molecule has 1 fully saturated rings. The summed E-state index contributed by atoms with van der Waals surface area (Å²) in [5, 5.41) is 2.52. The first-order valence-electron chi connectivity index (χ1n) is 10.6. The van der Waals surface area contributed by atoms with Gasteiger partial charge in [-0.15, -0.1) is 11.8 Å². The zero-order chi connectivity index (χ0) is 19.9. The van der Waals surface area contributed by atoms with Crippen LogP contribution < -0.4 is 5.48 Å². The van der Waals surface area contributed by atoms with E-state index in [-0.39, 0.29) is 6.04 Å². The molecule has 1 atom stereocenters. The summed E-state index contributed by atoms with van der Waals surface area (Å²) >= 11 is 1.77. The summed E-state index contributed by atoms with van der Waals surface area (Å²) in [4.78, 5) is 9.80. The molecule has 1 saturated heterocycles. The van der Waals surface area contributed by atoms with Gasteiger partial charge < -0.3 is 4.90 Å². The van der Waals surface area contributed by atoms with Gasteiger partial charge in [0.1, 0.15) is 0 Å². The molecule has 3 aromatic rings. The molecule has 1 N–H and O–H groups in total. The van der Waals surface area contributed by atoms with E-state index in [4.69, 9.17) is 4.84 Å². The van der Waals surface area contributed by atoms with Crippen molar-refractivity contribution < 1.29 is 4.84 Å². The van der Waals surface area contributed by atoms with Crippen LogP contribution in [0.3, 0.4) is 0 Å². The molecule has 1 unspecified atom stereocenters. The first-order chi connectivity index (χ1) is 14.3. The number of hydrogen-bond acceptors (Lipinski definition) is 4. The van der Waals surface area contributed by atoms with Crippen molar-refractivity contribution in [2.75, 3.05) is 32.5 Å². The Labute approximate surface area is 178 Å². The number of piperidine rings is 1. The molecule has 0 amide bonds. The molecule has 152 valence electrons. The van der Waals surface area contributed by atoms with Gasteiger partial charge in [-0.1, -0.05) is 61.0 Å². The number of rotatable bonds is 8. The predicted molar refractivity (Wildman–Crippen MR) is 123 cm³/mol. The molecule has 1 aliphatic rings. The minimum atomic E-state index is -0.00152. The number of fused-ring (bicyclic) bond motifs is 1. The molecule has 29 heavy (non-hydrogen) atoms. The smallest absolute Gasteiger partial charge is 0.0827 e. The highest BCUT2D eigenvalue weighted by Crippen LogP contribution is 2.30. The maximum Gasteiger partial charge on any atom is 0.0827 e. The quantitative estimate of drug-likeness (QED) is 0.296. The lowest BCUT2D eigenvalue weighted by molar-refractivity contribution is 0.00929. The number of nitrogens with zero attached hydrogens (tertiary/aromatic N) is 1. The van der Waals surface area contributed by atoms with Gasteiger partial charge in [-0.3, -0.25) is 4.84 Å². The van der Waals surface area contributed by atoms with E-state index >= 15 is 0 Å². The van der Waals surface area contributed by atoms with E-state index in [0.29, 0.717) is 6.61 Å². The molecule has 0 spiro atoms. The summed E-state index contributed by atoms with van der Waals surface area (Å²) in [6.45, 7) is 4.09. The van der Waals surface area contributed by atoms with Crippen molar-refractivity contribution in [1.29, 1.82) is 0 Å². The molecule has 3 aromatic carbocycles. The monoisotopic (exact) mass is 406 g/mol. The van der Waals surface area contributed by atoms with Gasteiger partial charge >= 0.3 is 0 Å². The van der Waals surface area contributed by atoms with E-state index in [2.05, 4.69) is 83.4 Å². The zero-order valence-corrected chi connectivity index (χ0v) is 18.0. The molecule has 0 radical (unpaired) electrons. The summed E-state index contributed by atoms with van der Waals surface area (Å²) < 4.78 is 0. The minimum Gasteiger partial charge on any atom is -0.301 e. The summed E-state index contributed by atoms with van der Waals surface area (Å²) in [5.41, 5.74) is 5.86. The maximum atomic E-state index is 6.02. The Hall–Kier alpha value is -1.85. The molecule has 0 saturated carbocycles. The van der Waals surface area contributed by atoms with Crippen LogP contribution in [0.2, 0.25) is 0 Å². The van der Waals surface area contributed by atoms with Crippen molar-refractivity contribution in [3.63, 3.8) is 0 Å². The van der Waals surface area contributed by atoms with Crippen molar-refractivity contribution in [1.82, 2.24) is 10.4 Å². The second-order valence-corrected chi connectivity index (χ2v) is 8.52. The molecule has 0 aliphatic carbocycles. The number of benzene rings is 3. The van der Waals surface area contributed by atoms with Crippen LogP contribution in [0, 0.1) is 0 Å². The third kappa shape index (κ3) is 5.20. The molecule has 0 aromatic heterocycles. The topological polar surface area (TPSA) is 24.5 Å². The highest BCUT2D eigenvalue weighted by molar-refractivity contribution is 7.98. The predicted octanol–water partition coefficient (Wildman–Crippen LogP) is 5.66. The third-order valence-corrected chi connectivity index (χ3v) is 6.49. The normalized spacial score (nSPS) is 16.2. The van der Waals surface area contributed by atoms with Crippen molar-refractivity contribution in [2.45, 2.75) is 30.2 Å². The second kappa shape index (κ2) is 10.3. The summed E-state index contributed by atoms with van der Waals surface area (Å²) in [6, 6.07) is 23.9. The van der Waals surface area contributed by atoms with Gasteiger partial charge in [-0.2, -0.15) is 5.48 Å². The van der Waals surface area contributed by atoms with Gasteiger partial charge in [0, 0.05) is 11.4 Å². The number of likely N-dealkylation sites (tertiary alicyclic amines) is 1. The van der Waals surface area contributed by atoms with Gasteiger partial charge in [0.2, 0.25) is 0 Å². The standard InChI is InChI=1S/C25H30N2OS/c1-29-22-14-12-21(13-15-22)25(26-28-19-18-27-16-5-2-6-17-27)24-11-7-9-20-8-3-4-10-23(20)24/h3-4,7-15,25-26H,2,5-6,16-19H2,1H3. The van der Waals surface area contributed by atoms with Crippen molar-refractivity contribution in [3.8, 4) is 0 Å². The Morgan fingerprint density at radius 1 is 0.931 bits per heavy atom. The molecule has 3 nitrogen and oxygen atoms in total. The SMILES string of the molecule is CSc1ccc(C(NOCCN2CCCCC2)c2cccc3ccccc23)cc1. The number of hydrogen-bond donors (Lipinski definition) is 1. The van der Waals surface area contributed by atoms with Crippen LogP contribution >= 0.6 is 11.8 Å². The van der Waals surface area contributed by atoms with E-state index in [9.17, 15) is 0 Å². The molecular weight excluding hydrogens is 376 g/mol. The van der Waals surface area contributed by atoms with Crippen molar-refractivity contribution in [2.24, 2.45) is 0 Å². The summed E-state index contributed by atoms with van der Waals surface area (Å²) in [7, 11) is 0. The Morgan fingerprint density at radius 2 is 1.69 bits per heavy atom. The minimum absolute atomic E-state index is 0.00152. The van der Waals surface area contributed by atoms with Gasteiger partial charge in [0.15, 0.2) is 0 Å². The van der Waals surface area contributed by atoms with Crippen LogP contribution in [0.5, 0.6) is 0 Å². The molecular formula is C25H30N2OS. The van der Waals surface area contributed by atoms with Crippen LogP contribution in [0.25, 0.3) is 10.8 Å². The lowest BCUT2D eigenvalue weighted by Crippen LogP contribution is -2.34. The fourth-order valence-corrected chi connectivity index (χ4v) is 4.52. The van der Waals surface area contributed by atoms with Crippen LogP contribution in [0.15, 0.2) is 71.6 Å². The van der Waals surface area contributed by atoms with Crippen LogP contribution in [-0.2, 0) is 4.84 Å². The highest BCUT2D eigenvalue weighted by atomic mass is 32.2. The van der Waals surface area contributed by atoms with Crippen LogP contribution in [0.4, 0.5) is 0 Å². The van der Waals surface area contributed by atoms with Crippen LogP contribution in [0.1, 0.15) is 36.4 Å². The summed E-state index contributed by atoms with van der Waals surface area (Å²) in [5.74, 6) is 0. The Bertz CT molecular complexity index is 901. The Morgan fingerprint density at radius 3 is 2.48 bits per heavy atom. The second-order valence-electron chi connectivity index (χ2n) is 7.64.